The quantitative estimate of drug-likeness (QED) is 0.581. The van der Waals surface area contributed by atoms with Crippen molar-refractivity contribution in [1.29, 1.82) is 0 Å². The molecule has 3 aromatic rings. The number of thioether (sulfide) groups is 1. The molecule has 0 spiro atoms. The summed E-state index contributed by atoms with van der Waals surface area (Å²) in [6, 6.07) is 14.9. The zero-order valence-electron chi connectivity index (χ0n) is 15.7. The molecule has 6 nitrogen and oxygen atoms in total. The van der Waals surface area contributed by atoms with Crippen molar-refractivity contribution in [3.05, 3.63) is 64.7 Å². The van der Waals surface area contributed by atoms with E-state index in [2.05, 4.69) is 20.8 Å². The summed E-state index contributed by atoms with van der Waals surface area (Å²) in [6.07, 6.45) is 0. The summed E-state index contributed by atoms with van der Waals surface area (Å²) in [7, 11) is 0. The van der Waals surface area contributed by atoms with Crippen molar-refractivity contribution in [2.75, 3.05) is 10.6 Å². The van der Waals surface area contributed by atoms with Crippen molar-refractivity contribution >= 4 is 45.7 Å². The highest BCUT2D eigenvalue weighted by molar-refractivity contribution is 8.00. The van der Waals surface area contributed by atoms with Gasteiger partial charge in [0.1, 0.15) is 5.01 Å². The molecule has 28 heavy (non-hydrogen) atoms. The molecule has 2 amide bonds. The maximum absolute atomic E-state index is 12.5. The molecular weight excluding hydrogens is 392 g/mol. The lowest BCUT2D eigenvalue weighted by Crippen LogP contribution is -2.22. The minimum absolute atomic E-state index is 0.143. The second kappa shape index (κ2) is 8.99. The molecule has 2 N–H and O–H groups in total. The van der Waals surface area contributed by atoms with E-state index in [-0.39, 0.29) is 17.1 Å². The molecule has 0 aliphatic carbocycles. The number of carbonyl (C=O) groups is 2. The number of hydrogen-bond acceptors (Lipinski definition) is 6. The van der Waals surface area contributed by atoms with Crippen molar-refractivity contribution in [3.63, 3.8) is 0 Å². The van der Waals surface area contributed by atoms with Crippen molar-refractivity contribution in [2.24, 2.45) is 0 Å². The van der Waals surface area contributed by atoms with E-state index in [1.54, 1.807) is 6.07 Å². The standard InChI is InChI=1S/C20H20N4O2S2/c1-12-7-4-5-10-17(12)19(26)21-15-8-6-9-16(11-15)27-13(2)18(25)22-20-24-23-14(3)28-20/h4-11,13H,1-3H3,(H,21,26)(H,22,24,25). The maximum atomic E-state index is 12.5. The Hall–Kier alpha value is -2.71. The summed E-state index contributed by atoms with van der Waals surface area (Å²) in [5.74, 6) is -0.298. The van der Waals surface area contributed by atoms with Crippen LogP contribution in [0.15, 0.2) is 53.4 Å². The molecule has 0 aliphatic heterocycles. The van der Waals surface area contributed by atoms with E-state index in [0.29, 0.717) is 16.4 Å². The Bertz CT molecular complexity index is 1000. The number of nitrogens with zero attached hydrogens (tertiary/aromatic N) is 2. The summed E-state index contributed by atoms with van der Waals surface area (Å²) in [6.45, 7) is 5.57. The first-order valence-corrected chi connectivity index (χ1v) is 10.4. The highest BCUT2D eigenvalue weighted by Crippen LogP contribution is 2.27. The monoisotopic (exact) mass is 412 g/mol. The Morgan fingerprint density at radius 3 is 2.54 bits per heavy atom. The van der Waals surface area contributed by atoms with Crippen molar-refractivity contribution in [2.45, 2.75) is 30.9 Å². The number of anilines is 2. The average molecular weight is 413 g/mol. The van der Waals surface area contributed by atoms with Gasteiger partial charge in [0.05, 0.1) is 5.25 Å². The Morgan fingerprint density at radius 1 is 1.04 bits per heavy atom. The third-order valence-electron chi connectivity index (χ3n) is 3.92. The summed E-state index contributed by atoms with van der Waals surface area (Å²) < 4.78 is 0. The molecule has 1 heterocycles. The van der Waals surface area contributed by atoms with E-state index in [1.807, 2.05) is 63.2 Å². The summed E-state index contributed by atoms with van der Waals surface area (Å²) >= 11 is 2.75. The van der Waals surface area contributed by atoms with Crippen LogP contribution in [0.25, 0.3) is 0 Å². The Balaban J connectivity index is 1.63. The molecule has 8 heteroatoms. The topological polar surface area (TPSA) is 84.0 Å². The Labute approximate surface area is 171 Å². The van der Waals surface area contributed by atoms with Crippen LogP contribution in [0.2, 0.25) is 0 Å². The van der Waals surface area contributed by atoms with Crippen LogP contribution in [0, 0.1) is 13.8 Å². The molecule has 1 aromatic heterocycles. The number of aryl methyl sites for hydroxylation is 2. The first-order valence-electron chi connectivity index (χ1n) is 8.67. The number of aromatic nitrogens is 2. The summed E-state index contributed by atoms with van der Waals surface area (Å²) in [5, 5.41) is 14.5. The number of rotatable bonds is 6. The molecule has 0 fully saturated rings. The fraction of sp³-hybridized carbons (Fsp3) is 0.200. The molecule has 2 aromatic carbocycles. The van der Waals surface area contributed by atoms with Gasteiger partial charge in [-0.15, -0.1) is 22.0 Å². The predicted octanol–water partition coefficient (Wildman–Crippen LogP) is 4.53. The molecule has 1 unspecified atom stereocenters. The van der Waals surface area contributed by atoms with Crippen molar-refractivity contribution in [3.8, 4) is 0 Å². The van der Waals surface area contributed by atoms with Crippen LogP contribution in [0.3, 0.4) is 0 Å². The second-order valence-electron chi connectivity index (χ2n) is 6.17. The Morgan fingerprint density at radius 2 is 1.82 bits per heavy atom. The van der Waals surface area contributed by atoms with Crippen LogP contribution in [0.1, 0.15) is 27.9 Å². The molecule has 0 radical (unpaired) electrons. The lowest BCUT2D eigenvalue weighted by Gasteiger charge is -2.12. The first kappa shape index (κ1) is 20.0. The van der Waals surface area contributed by atoms with Crippen LogP contribution in [0.5, 0.6) is 0 Å². The highest BCUT2D eigenvalue weighted by atomic mass is 32.2. The van der Waals surface area contributed by atoms with Crippen molar-refractivity contribution < 1.29 is 9.59 Å². The van der Waals surface area contributed by atoms with Gasteiger partial charge in [-0.3, -0.25) is 14.9 Å². The van der Waals surface area contributed by atoms with Crippen LogP contribution in [0.4, 0.5) is 10.8 Å². The summed E-state index contributed by atoms with van der Waals surface area (Å²) in [5.41, 5.74) is 2.24. The zero-order valence-corrected chi connectivity index (χ0v) is 17.4. The lowest BCUT2D eigenvalue weighted by atomic mass is 10.1. The highest BCUT2D eigenvalue weighted by Gasteiger charge is 2.17. The van der Waals surface area contributed by atoms with Gasteiger partial charge in [0.25, 0.3) is 5.91 Å². The van der Waals surface area contributed by atoms with Gasteiger partial charge in [0, 0.05) is 16.1 Å². The first-order chi connectivity index (χ1) is 13.4. The van der Waals surface area contributed by atoms with Gasteiger partial charge in [-0.1, -0.05) is 35.6 Å². The number of carbonyl (C=O) groups excluding carboxylic acids is 2. The van der Waals surface area contributed by atoms with E-state index >= 15 is 0 Å². The smallest absolute Gasteiger partial charge is 0.255 e. The number of amides is 2. The predicted molar refractivity (Wildman–Crippen MR) is 114 cm³/mol. The zero-order chi connectivity index (χ0) is 20.1. The van der Waals surface area contributed by atoms with Gasteiger partial charge in [0.2, 0.25) is 11.0 Å². The molecule has 144 valence electrons. The van der Waals surface area contributed by atoms with Gasteiger partial charge in [-0.05, 0) is 50.6 Å². The third-order valence-corrected chi connectivity index (χ3v) is 5.77. The summed E-state index contributed by atoms with van der Waals surface area (Å²) in [4.78, 5) is 25.7. The van der Waals surface area contributed by atoms with Crippen LogP contribution in [-0.4, -0.2) is 27.3 Å². The number of hydrogen-bond donors (Lipinski definition) is 2. The van der Waals surface area contributed by atoms with E-state index in [1.165, 1.54) is 23.1 Å². The fourth-order valence-electron chi connectivity index (χ4n) is 2.48. The average Bonchev–Trinajstić information content (AvgIpc) is 3.07. The third kappa shape index (κ3) is 5.17. The van der Waals surface area contributed by atoms with E-state index in [4.69, 9.17) is 0 Å². The Kier molecular flexibility index (Phi) is 6.43. The maximum Gasteiger partial charge on any atom is 0.255 e. The molecule has 0 saturated heterocycles. The molecule has 3 rings (SSSR count). The molecule has 0 aliphatic rings. The molecule has 0 saturated carbocycles. The second-order valence-corrected chi connectivity index (χ2v) is 8.77. The lowest BCUT2D eigenvalue weighted by molar-refractivity contribution is -0.115. The minimum Gasteiger partial charge on any atom is -0.322 e. The normalized spacial score (nSPS) is 11.7. The van der Waals surface area contributed by atoms with E-state index in [0.717, 1.165) is 15.5 Å². The number of nitrogens with one attached hydrogen (secondary N) is 2. The van der Waals surface area contributed by atoms with Gasteiger partial charge in [0.15, 0.2) is 0 Å². The minimum atomic E-state index is -0.327. The van der Waals surface area contributed by atoms with Crippen LogP contribution >= 0.6 is 23.1 Å². The van der Waals surface area contributed by atoms with Gasteiger partial charge in [-0.2, -0.15) is 0 Å². The van der Waals surface area contributed by atoms with Crippen LogP contribution < -0.4 is 10.6 Å². The largest absolute Gasteiger partial charge is 0.322 e. The van der Waals surface area contributed by atoms with Crippen molar-refractivity contribution in [1.82, 2.24) is 10.2 Å². The molecular formula is C20H20N4O2S2. The van der Waals surface area contributed by atoms with Gasteiger partial charge < -0.3 is 5.32 Å². The molecule has 1 atom stereocenters. The van der Waals surface area contributed by atoms with Gasteiger partial charge >= 0.3 is 0 Å². The van der Waals surface area contributed by atoms with Gasteiger partial charge in [-0.25, -0.2) is 0 Å². The number of benzene rings is 2. The molecule has 0 bridgehead atoms. The van der Waals surface area contributed by atoms with E-state index in [9.17, 15) is 9.59 Å². The fourth-order valence-corrected chi connectivity index (χ4v) is 4.01. The SMILES string of the molecule is Cc1nnc(NC(=O)C(C)Sc2cccc(NC(=O)c3ccccc3C)c2)s1. The van der Waals surface area contributed by atoms with Crippen LogP contribution in [-0.2, 0) is 4.79 Å². The van der Waals surface area contributed by atoms with E-state index < -0.39 is 0 Å².